The maximum atomic E-state index is 6.42. The first-order valence-electron chi connectivity index (χ1n) is 5.74. The first-order valence-corrected chi connectivity index (χ1v) is 6.97. The monoisotopic (exact) mass is 328 g/mol. The highest BCUT2D eigenvalue weighted by Crippen LogP contribution is 2.36. The smallest absolute Gasteiger partial charge is 0.126 e. The largest absolute Gasteiger partial charge is 0.494 e. The Kier molecular flexibility index (Phi) is 4.36. The van der Waals surface area contributed by atoms with Crippen molar-refractivity contribution in [1.82, 2.24) is 0 Å². The van der Waals surface area contributed by atoms with Crippen LogP contribution in [0.3, 0.4) is 0 Å². The van der Waals surface area contributed by atoms with Crippen molar-refractivity contribution in [3.63, 3.8) is 0 Å². The van der Waals surface area contributed by atoms with Crippen LogP contribution in [-0.2, 0) is 0 Å². The summed E-state index contributed by atoms with van der Waals surface area (Å²) in [6.45, 7) is 4.51. The Morgan fingerprint density at radius 1 is 1.33 bits per heavy atom. The zero-order chi connectivity index (χ0) is 13.1. The molecule has 1 aromatic carbocycles. The molecule has 1 aromatic heterocycles. The molecule has 0 fully saturated rings. The van der Waals surface area contributed by atoms with E-state index in [1.54, 1.807) is 0 Å². The topological polar surface area (TPSA) is 22.4 Å². The molecule has 1 heterocycles. The molecule has 0 bridgehead atoms. The first-order chi connectivity index (χ1) is 8.61. The van der Waals surface area contributed by atoms with Gasteiger partial charge in [-0.1, -0.05) is 22.0 Å². The van der Waals surface area contributed by atoms with E-state index in [4.69, 9.17) is 20.8 Å². The molecule has 0 N–H and O–H groups in total. The average molecular weight is 330 g/mol. The molecule has 0 saturated heterocycles. The van der Waals surface area contributed by atoms with Crippen LogP contribution in [0.25, 0.3) is 0 Å². The lowest BCUT2D eigenvalue weighted by atomic mass is 10.1. The van der Waals surface area contributed by atoms with Crippen LogP contribution in [0.4, 0.5) is 0 Å². The molecule has 96 valence electrons. The minimum absolute atomic E-state index is 0.302. The summed E-state index contributed by atoms with van der Waals surface area (Å²) in [6, 6.07) is 9.59. The highest BCUT2D eigenvalue weighted by molar-refractivity contribution is 9.10. The molecule has 0 aliphatic heterocycles. The Morgan fingerprint density at radius 3 is 2.67 bits per heavy atom. The summed E-state index contributed by atoms with van der Waals surface area (Å²) in [7, 11) is 0. The van der Waals surface area contributed by atoms with Gasteiger partial charge < -0.3 is 9.15 Å². The molecular formula is C14H14BrClO2. The van der Waals surface area contributed by atoms with Crippen LogP contribution in [0.5, 0.6) is 5.75 Å². The van der Waals surface area contributed by atoms with E-state index in [0.29, 0.717) is 6.61 Å². The zero-order valence-corrected chi connectivity index (χ0v) is 12.6. The first kappa shape index (κ1) is 13.5. The number of rotatable bonds is 4. The third-order valence-corrected chi connectivity index (χ3v) is 3.70. The van der Waals surface area contributed by atoms with E-state index in [2.05, 4.69) is 15.9 Å². The van der Waals surface area contributed by atoms with Crippen molar-refractivity contribution < 1.29 is 9.15 Å². The summed E-state index contributed by atoms with van der Waals surface area (Å²) in [6.07, 6.45) is 0. The predicted octanol–water partition coefficient (Wildman–Crippen LogP) is 5.08. The fraction of sp³-hybridized carbons (Fsp3) is 0.286. The maximum absolute atomic E-state index is 6.42. The number of benzene rings is 1. The van der Waals surface area contributed by atoms with E-state index in [1.165, 1.54) is 0 Å². The van der Waals surface area contributed by atoms with Crippen LogP contribution >= 0.6 is 27.5 Å². The van der Waals surface area contributed by atoms with Crippen LogP contribution in [0.15, 0.2) is 39.2 Å². The Balaban J connectivity index is 2.28. The van der Waals surface area contributed by atoms with Gasteiger partial charge in [0.1, 0.15) is 22.6 Å². The Bertz CT molecular complexity index is 536. The predicted molar refractivity (Wildman–Crippen MR) is 76.5 cm³/mol. The lowest BCUT2D eigenvalue weighted by Gasteiger charge is -2.11. The second kappa shape index (κ2) is 5.81. The molecule has 1 unspecified atom stereocenters. The normalized spacial score (nSPS) is 12.4. The molecule has 0 radical (unpaired) electrons. The lowest BCUT2D eigenvalue weighted by Crippen LogP contribution is -1.95. The molecular weight excluding hydrogens is 316 g/mol. The zero-order valence-electron chi connectivity index (χ0n) is 10.2. The van der Waals surface area contributed by atoms with Crippen LogP contribution in [0, 0.1) is 6.92 Å². The van der Waals surface area contributed by atoms with Crippen LogP contribution in [0.1, 0.15) is 29.4 Å². The van der Waals surface area contributed by atoms with Crippen LogP contribution < -0.4 is 4.74 Å². The number of aryl methyl sites for hydroxylation is 1. The van der Waals surface area contributed by atoms with E-state index < -0.39 is 0 Å². The van der Waals surface area contributed by atoms with Gasteiger partial charge in [0.2, 0.25) is 0 Å². The van der Waals surface area contributed by atoms with Gasteiger partial charge in [0, 0.05) is 4.47 Å². The summed E-state index contributed by atoms with van der Waals surface area (Å²) in [5.41, 5.74) is 0.967. The van der Waals surface area contributed by atoms with Gasteiger partial charge in [-0.15, -0.1) is 11.6 Å². The van der Waals surface area contributed by atoms with Gasteiger partial charge in [-0.05, 0) is 43.7 Å². The molecule has 2 aromatic rings. The maximum Gasteiger partial charge on any atom is 0.126 e. The standard InChI is InChI=1S/C14H14BrClO2/c1-3-17-10-5-6-11(12(15)8-10)14(16)13-7-4-9(2)18-13/h4-8,14H,3H2,1-2H3. The number of ether oxygens (including phenoxy) is 1. The summed E-state index contributed by atoms with van der Waals surface area (Å²) in [5, 5.41) is -0.302. The molecule has 4 heteroatoms. The molecule has 2 rings (SSSR count). The number of hydrogen-bond donors (Lipinski definition) is 0. The SMILES string of the molecule is CCOc1ccc(C(Cl)c2ccc(C)o2)c(Br)c1. The molecule has 0 saturated carbocycles. The number of hydrogen-bond acceptors (Lipinski definition) is 2. The number of alkyl halides is 1. The van der Waals surface area contributed by atoms with Gasteiger partial charge in [0.05, 0.1) is 6.61 Å². The highest BCUT2D eigenvalue weighted by atomic mass is 79.9. The van der Waals surface area contributed by atoms with Gasteiger partial charge in [-0.2, -0.15) is 0 Å². The van der Waals surface area contributed by atoms with E-state index >= 15 is 0 Å². The van der Waals surface area contributed by atoms with Gasteiger partial charge in [0.25, 0.3) is 0 Å². The molecule has 2 nitrogen and oxygen atoms in total. The quantitative estimate of drug-likeness (QED) is 0.730. The van der Waals surface area contributed by atoms with Gasteiger partial charge >= 0.3 is 0 Å². The fourth-order valence-corrected chi connectivity index (χ4v) is 2.74. The van der Waals surface area contributed by atoms with Gasteiger partial charge in [-0.3, -0.25) is 0 Å². The number of furan rings is 1. The summed E-state index contributed by atoms with van der Waals surface area (Å²) in [5.74, 6) is 2.43. The minimum Gasteiger partial charge on any atom is -0.494 e. The van der Waals surface area contributed by atoms with Gasteiger partial charge in [0.15, 0.2) is 0 Å². The third-order valence-electron chi connectivity index (χ3n) is 2.57. The summed E-state index contributed by atoms with van der Waals surface area (Å²) >= 11 is 9.93. The minimum atomic E-state index is -0.302. The summed E-state index contributed by atoms with van der Waals surface area (Å²) in [4.78, 5) is 0. The van der Waals surface area contributed by atoms with Crippen LogP contribution in [0.2, 0.25) is 0 Å². The van der Waals surface area contributed by atoms with Crippen molar-refractivity contribution in [2.75, 3.05) is 6.61 Å². The Labute approximate surface area is 120 Å². The van der Waals surface area contributed by atoms with Crippen molar-refractivity contribution in [1.29, 1.82) is 0 Å². The van der Waals surface area contributed by atoms with E-state index in [9.17, 15) is 0 Å². The average Bonchev–Trinajstić information content (AvgIpc) is 2.76. The molecule has 18 heavy (non-hydrogen) atoms. The Hall–Kier alpha value is -0.930. The van der Waals surface area contributed by atoms with Crippen molar-refractivity contribution in [2.45, 2.75) is 19.2 Å². The third kappa shape index (κ3) is 2.90. The van der Waals surface area contributed by atoms with Crippen molar-refractivity contribution in [3.05, 3.63) is 51.9 Å². The van der Waals surface area contributed by atoms with Gasteiger partial charge in [-0.25, -0.2) is 0 Å². The Morgan fingerprint density at radius 2 is 2.11 bits per heavy atom. The lowest BCUT2D eigenvalue weighted by molar-refractivity contribution is 0.340. The van der Waals surface area contributed by atoms with Crippen molar-refractivity contribution in [2.24, 2.45) is 0 Å². The highest BCUT2D eigenvalue weighted by Gasteiger charge is 2.17. The van der Waals surface area contributed by atoms with Crippen molar-refractivity contribution >= 4 is 27.5 Å². The molecule has 0 spiro atoms. The second-order valence-corrected chi connectivity index (χ2v) is 5.22. The summed E-state index contributed by atoms with van der Waals surface area (Å²) < 4.78 is 11.9. The second-order valence-electron chi connectivity index (χ2n) is 3.93. The van der Waals surface area contributed by atoms with E-state index in [0.717, 1.165) is 27.3 Å². The molecule has 1 atom stereocenters. The molecule has 0 aliphatic rings. The fourth-order valence-electron chi connectivity index (χ4n) is 1.71. The molecule has 0 amide bonds. The van der Waals surface area contributed by atoms with E-state index in [-0.39, 0.29) is 5.38 Å². The molecule has 0 aliphatic carbocycles. The number of halogens is 2. The van der Waals surface area contributed by atoms with Crippen molar-refractivity contribution in [3.8, 4) is 5.75 Å². The van der Waals surface area contributed by atoms with Crippen LogP contribution in [-0.4, -0.2) is 6.61 Å². The van der Waals surface area contributed by atoms with E-state index in [1.807, 2.05) is 44.2 Å².